The van der Waals surface area contributed by atoms with E-state index >= 15 is 0 Å². The Morgan fingerprint density at radius 3 is 2.74 bits per heavy atom. The number of anilines is 2. The Bertz CT molecular complexity index is 607. The van der Waals surface area contributed by atoms with Crippen molar-refractivity contribution in [3.8, 4) is 0 Å². The van der Waals surface area contributed by atoms with Gasteiger partial charge in [-0.05, 0) is 36.2 Å². The average Bonchev–Trinajstić information content (AvgIpc) is 2.94. The number of nitrogens with zero attached hydrogens (tertiary/aromatic N) is 1. The summed E-state index contributed by atoms with van der Waals surface area (Å²) in [6.07, 6.45) is 1.04. The molecule has 0 saturated heterocycles. The molecule has 19 heavy (non-hydrogen) atoms. The normalized spacial score (nSPS) is 12.7. The van der Waals surface area contributed by atoms with Gasteiger partial charge in [-0.3, -0.25) is 4.79 Å². The van der Waals surface area contributed by atoms with Gasteiger partial charge in [0, 0.05) is 30.5 Å². The predicted octanol–water partition coefficient (Wildman–Crippen LogP) is 2.93. The molecule has 0 spiro atoms. The Hall–Kier alpha value is -2.29. The van der Waals surface area contributed by atoms with Gasteiger partial charge in [0.2, 0.25) is 0 Å². The molecule has 1 aliphatic rings. The van der Waals surface area contributed by atoms with Crippen LogP contribution >= 0.6 is 0 Å². The Morgan fingerprint density at radius 2 is 1.95 bits per heavy atom. The van der Waals surface area contributed by atoms with Crippen LogP contribution in [0.4, 0.5) is 11.4 Å². The van der Waals surface area contributed by atoms with Gasteiger partial charge in [0.15, 0.2) is 0 Å². The number of carbonyl (C=O) groups is 1. The van der Waals surface area contributed by atoms with Gasteiger partial charge >= 0.3 is 0 Å². The van der Waals surface area contributed by atoms with Crippen molar-refractivity contribution in [2.45, 2.75) is 6.42 Å². The topological polar surface area (TPSA) is 32.3 Å². The minimum atomic E-state index is 0.0164. The van der Waals surface area contributed by atoms with Gasteiger partial charge in [-0.1, -0.05) is 24.3 Å². The highest BCUT2D eigenvalue weighted by Gasteiger charge is 2.16. The van der Waals surface area contributed by atoms with Crippen LogP contribution in [0.5, 0.6) is 0 Å². The third kappa shape index (κ3) is 2.19. The van der Waals surface area contributed by atoms with Crippen LogP contribution in [0.3, 0.4) is 0 Å². The van der Waals surface area contributed by atoms with E-state index in [9.17, 15) is 4.79 Å². The molecule has 0 radical (unpaired) electrons. The molecule has 0 saturated carbocycles. The van der Waals surface area contributed by atoms with Crippen LogP contribution in [0.1, 0.15) is 15.9 Å². The molecule has 2 aromatic carbocycles. The minimum absolute atomic E-state index is 0.0164. The molecule has 0 fully saturated rings. The van der Waals surface area contributed by atoms with E-state index in [4.69, 9.17) is 0 Å². The molecule has 0 atom stereocenters. The van der Waals surface area contributed by atoms with Gasteiger partial charge in [0.1, 0.15) is 0 Å². The van der Waals surface area contributed by atoms with Crippen molar-refractivity contribution in [2.24, 2.45) is 0 Å². The van der Waals surface area contributed by atoms with E-state index < -0.39 is 0 Å². The fourth-order valence-electron chi connectivity index (χ4n) is 2.39. The summed E-state index contributed by atoms with van der Waals surface area (Å²) in [5.41, 5.74) is 4.01. The third-order valence-corrected chi connectivity index (χ3v) is 3.51. The van der Waals surface area contributed by atoms with Gasteiger partial charge in [0.25, 0.3) is 5.91 Å². The van der Waals surface area contributed by atoms with Crippen LogP contribution in [0.2, 0.25) is 0 Å². The zero-order chi connectivity index (χ0) is 13.2. The Labute approximate surface area is 112 Å². The lowest BCUT2D eigenvalue weighted by Crippen LogP contribution is -2.26. The van der Waals surface area contributed by atoms with Crippen molar-refractivity contribution in [1.82, 2.24) is 0 Å². The van der Waals surface area contributed by atoms with Gasteiger partial charge < -0.3 is 10.2 Å². The predicted molar refractivity (Wildman–Crippen MR) is 77.8 cm³/mol. The number of carbonyl (C=O) groups excluding carboxylic acids is 1. The molecule has 1 amide bonds. The van der Waals surface area contributed by atoms with Gasteiger partial charge in [-0.15, -0.1) is 0 Å². The average molecular weight is 252 g/mol. The Balaban J connectivity index is 1.88. The summed E-state index contributed by atoms with van der Waals surface area (Å²) < 4.78 is 0. The highest BCUT2D eigenvalue weighted by molar-refractivity contribution is 6.06. The van der Waals surface area contributed by atoms with Crippen molar-refractivity contribution in [1.29, 1.82) is 0 Å². The first-order valence-corrected chi connectivity index (χ1v) is 6.45. The fraction of sp³-hybridized carbons (Fsp3) is 0.188. The molecular weight excluding hydrogens is 236 g/mol. The zero-order valence-corrected chi connectivity index (χ0v) is 10.9. The molecule has 3 nitrogen and oxygen atoms in total. The number of nitrogens with one attached hydrogen (secondary N) is 1. The molecular formula is C16H16N2O. The monoisotopic (exact) mass is 252 g/mol. The second kappa shape index (κ2) is 4.76. The van der Waals surface area contributed by atoms with Gasteiger partial charge in [-0.2, -0.15) is 0 Å². The number of benzene rings is 2. The first-order valence-electron chi connectivity index (χ1n) is 6.45. The lowest BCUT2D eigenvalue weighted by atomic mass is 10.1. The standard InChI is InChI=1S/C16H16N2O/c1-18(14-5-3-2-4-6-14)16(19)13-8-7-12-9-10-17-15(12)11-13/h2-8,11,17H,9-10H2,1H3. The molecule has 1 N–H and O–H groups in total. The molecule has 0 unspecified atom stereocenters. The lowest BCUT2D eigenvalue weighted by Gasteiger charge is -2.17. The van der Waals surface area contributed by atoms with E-state index in [0.29, 0.717) is 0 Å². The van der Waals surface area contributed by atoms with Crippen molar-refractivity contribution in [3.63, 3.8) is 0 Å². The quantitative estimate of drug-likeness (QED) is 0.891. The first kappa shape index (κ1) is 11.8. The van der Waals surface area contributed by atoms with Crippen molar-refractivity contribution >= 4 is 17.3 Å². The molecule has 0 aromatic heterocycles. The molecule has 3 heteroatoms. The van der Waals surface area contributed by atoms with Crippen molar-refractivity contribution in [3.05, 3.63) is 59.7 Å². The van der Waals surface area contributed by atoms with Crippen molar-refractivity contribution < 1.29 is 4.79 Å². The summed E-state index contributed by atoms with van der Waals surface area (Å²) in [5.74, 6) is 0.0164. The van der Waals surface area contributed by atoms with Gasteiger partial charge in [-0.25, -0.2) is 0 Å². The van der Waals surface area contributed by atoms with Crippen LogP contribution in [0.25, 0.3) is 0 Å². The van der Waals surface area contributed by atoms with E-state index in [-0.39, 0.29) is 5.91 Å². The van der Waals surface area contributed by atoms with Crippen LogP contribution in [0, 0.1) is 0 Å². The number of para-hydroxylation sites is 1. The van der Waals surface area contributed by atoms with E-state index in [0.717, 1.165) is 29.9 Å². The van der Waals surface area contributed by atoms with E-state index in [1.807, 2.05) is 48.5 Å². The summed E-state index contributed by atoms with van der Waals surface area (Å²) in [7, 11) is 1.80. The molecule has 2 aromatic rings. The maximum Gasteiger partial charge on any atom is 0.258 e. The molecule has 1 heterocycles. The second-order valence-corrected chi connectivity index (χ2v) is 4.75. The zero-order valence-electron chi connectivity index (χ0n) is 10.9. The first-order chi connectivity index (χ1) is 9.25. The molecule has 0 bridgehead atoms. The highest BCUT2D eigenvalue weighted by atomic mass is 16.2. The SMILES string of the molecule is CN(C(=O)c1ccc2c(c1)NCC2)c1ccccc1. The fourth-order valence-corrected chi connectivity index (χ4v) is 2.39. The van der Waals surface area contributed by atoms with Crippen LogP contribution in [-0.2, 0) is 6.42 Å². The van der Waals surface area contributed by atoms with E-state index in [2.05, 4.69) is 5.32 Å². The van der Waals surface area contributed by atoms with Gasteiger partial charge in [0.05, 0.1) is 0 Å². The number of fused-ring (bicyclic) bond motifs is 1. The Kier molecular flexibility index (Phi) is 2.95. The minimum Gasteiger partial charge on any atom is -0.384 e. The Morgan fingerprint density at radius 1 is 1.16 bits per heavy atom. The maximum atomic E-state index is 12.4. The maximum absolute atomic E-state index is 12.4. The third-order valence-electron chi connectivity index (χ3n) is 3.51. The summed E-state index contributed by atoms with van der Waals surface area (Å²) in [6, 6.07) is 15.6. The highest BCUT2D eigenvalue weighted by Crippen LogP contribution is 2.24. The van der Waals surface area contributed by atoms with Crippen LogP contribution in [-0.4, -0.2) is 19.5 Å². The summed E-state index contributed by atoms with van der Waals surface area (Å²) in [4.78, 5) is 14.1. The molecule has 3 rings (SSSR count). The van der Waals surface area contributed by atoms with E-state index in [1.165, 1.54) is 5.56 Å². The largest absolute Gasteiger partial charge is 0.384 e. The van der Waals surface area contributed by atoms with Crippen LogP contribution in [0.15, 0.2) is 48.5 Å². The summed E-state index contributed by atoms with van der Waals surface area (Å²) in [5, 5.41) is 3.30. The molecule has 96 valence electrons. The number of amides is 1. The lowest BCUT2D eigenvalue weighted by molar-refractivity contribution is 0.0993. The van der Waals surface area contributed by atoms with Crippen molar-refractivity contribution in [2.75, 3.05) is 23.8 Å². The number of hydrogen-bond acceptors (Lipinski definition) is 2. The summed E-state index contributed by atoms with van der Waals surface area (Å²) >= 11 is 0. The smallest absolute Gasteiger partial charge is 0.258 e. The van der Waals surface area contributed by atoms with Crippen LogP contribution < -0.4 is 10.2 Å². The number of hydrogen-bond donors (Lipinski definition) is 1. The summed E-state index contributed by atoms with van der Waals surface area (Å²) in [6.45, 7) is 0.960. The number of rotatable bonds is 2. The second-order valence-electron chi connectivity index (χ2n) is 4.75. The van der Waals surface area contributed by atoms with E-state index in [1.54, 1.807) is 11.9 Å². The molecule has 0 aliphatic carbocycles. The molecule has 1 aliphatic heterocycles.